The average Bonchev–Trinajstić information content (AvgIpc) is 3.27. The molecule has 9 heteroatoms. The van der Waals surface area contributed by atoms with Gasteiger partial charge in [-0.2, -0.15) is 5.10 Å². The molecule has 0 bridgehead atoms. The first-order chi connectivity index (χ1) is 16.5. The molecule has 1 aliphatic heterocycles. The summed E-state index contributed by atoms with van der Waals surface area (Å²) >= 11 is 0. The van der Waals surface area contributed by atoms with Crippen molar-refractivity contribution in [1.29, 1.82) is 0 Å². The lowest BCUT2D eigenvalue weighted by Gasteiger charge is -2.26. The molecule has 3 heterocycles. The summed E-state index contributed by atoms with van der Waals surface area (Å²) in [5, 5.41) is 10.2. The molecule has 7 nitrogen and oxygen atoms in total. The molecule has 1 fully saturated rings. The van der Waals surface area contributed by atoms with E-state index in [1.807, 2.05) is 0 Å². The summed E-state index contributed by atoms with van der Waals surface area (Å²) in [5.41, 5.74) is 2.54. The Morgan fingerprint density at radius 3 is 2.62 bits per heavy atom. The van der Waals surface area contributed by atoms with Crippen LogP contribution in [0, 0.1) is 18.6 Å². The van der Waals surface area contributed by atoms with Crippen molar-refractivity contribution in [1.82, 2.24) is 25.1 Å². The Kier molecular flexibility index (Phi) is 6.02. The molecule has 1 aliphatic rings. The van der Waals surface area contributed by atoms with E-state index in [1.54, 1.807) is 31.2 Å². The number of aryl methyl sites for hydroxylation is 1. The standard InChI is InChI=1S/C25H24F2N6O/c1-15-28-12-18(13-29-15)30-25(34)24-20-11-17(5-6-22(20)31-32-24)19-9-16(10-21(26)23(19)27)14-33-7-3-2-4-8-33/h5-6,9-13H,2-4,7-8,14H2,1H3,(H,30,34)(H,31,32). The van der Waals surface area contributed by atoms with E-state index in [0.717, 1.165) is 31.5 Å². The number of hydrogen-bond acceptors (Lipinski definition) is 5. The second-order valence-electron chi connectivity index (χ2n) is 8.58. The van der Waals surface area contributed by atoms with Crippen LogP contribution in [0.2, 0.25) is 0 Å². The molecule has 2 aromatic heterocycles. The van der Waals surface area contributed by atoms with Gasteiger partial charge in [0, 0.05) is 17.5 Å². The molecule has 0 saturated carbocycles. The van der Waals surface area contributed by atoms with Crippen molar-refractivity contribution in [2.45, 2.75) is 32.7 Å². The molecule has 2 aromatic carbocycles. The Hall–Kier alpha value is -3.72. The monoisotopic (exact) mass is 462 g/mol. The number of aromatic amines is 1. The highest BCUT2D eigenvalue weighted by Gasteiger charge is 2.19. The number of fused-ring (bicyclic) bond motifs is 1. The highest BCUT2D eigenvalue weighted by molar-refractivity contribution is 6.11. The number of nitrogens with zero attached hydrogens (tertiary/aromatic N) is 4. The molecule has 4 aromatic rings. The summed E-state index contributed by atoms with van der Waals surface area (Å²) in [6.45, 7) is 4.24. The van der Waals surface area contributed by atoms with Crippen LogP contribution in [0.5, 0.6) is 0 Å². The van der Waals surface area contributed by atoms with Gasteiger partial charge in [-0.25, -0.2) is 18.7 Å². The van der Waals surface area contributed by atoms with Crippen molar-refractivity contribution < 1.29 is 13.6 Å². The average molecular weight is 463 g/mol. The van der Waals surface area contributed by atoms with Gasteiger partial charge in [-0.1, -0.05) is 12.5 Å². The largest absolute Gasteiger partial charge is 0.318 e. The van der Waals surface area contributed by atoms with Gasteiger partial charge < -0.3 is 5.32 Å². The third-order valence-electron chi connectivity index (χ3n) is 6.07. The van der Waals surface area contributed by atoms with E-state index in [0.29, 0.717) is 34.5 Å². The van der Waals surface area contributed by atoms with Crippen molar-refractivity contribution >= 4 is 22.5 Å². The maximum Gasteiger partial charge on any atom is 0.276 e. The van der Waals surface area contributed by atoms with E-state index < -0.39 is 17.5 Å². The van der Waals surface area contributed by atoms with Crippen molar-refractivity contribution in [3.63, 3.8) is 0 Å². The molecule has 0 spiro atoms. The summed E-state index contributed by atoms with van der Waals surface area (Å²) in [4.78, 5) is 23.2. The topological polar surface area (TPSA) is 86.8 Å². The normalized spacial score (nSPS) is 14.4. The maximum atomic E-state index is 14.8. The zero-order valence-electron chi connectivity index (χ0n) is 18.7. The van der Waals surface area contributed by atoms with Crippen LogP contribution in [0.25, 0.3) is 22.0 Å². The first-order valence-corrected chi connectivity index (χ1v) is 11.3. The van der Waals surface area contributed by atoms with Crippen LogP contribution in [0.1, 0.15) is 41.1 Å². The number of anilines is 1. The number of amides is 1. The molecular formula is C25H24F2N6O. The summed E-state index contributed by atoms with van der Waals surface area (Å²) in [7, 11) is 0. The maximum absolute atomic E-state index is 14.8. The molecule has 2 N–H and O–H groups in total. The SMILES string of the molecule is Cc1ncc(NC(=O)c2n[nH]c3ccc(-c4cc(CN5CCCCC5)cc(F)c4F)cc23)cn1. The van der Waals surface area contributed by atoms with Crippen molar-refractivity contribution in [2.75, 3.05) is 18.4 Å². The molecule has 1 amide bonds. The lowest BCUT2D eigenvalue weighted by atomic mass is 9.99. The Bertz CT molecular complexity index is 1350. The number of H-pyrrole nitrogens is 1. The zero-order chi connectivity index (χ0) is 23.7. The van der Waals surface area contributed by atoms with Gasteiger partial charge in [-0.05, 0) is 68.2 Å². The van der Waals surface area contributed by atoms with Gasteiger partial charge in [-0.3, -0.25) is 14.8 Å². The predicted octanol–water partition coefficient (Wildman–Crippen LogP) is 4.84. The Morgan fingerprint density at radius 1 is 1.09 bits per heavy atom. The summed E-state index contributed by atoms with van der Waals surface area (Å²) in [5.74, 6) is -1.66. The number of likely N-dealkylation sites (tertiary alicyclic amines) is 1. The van der Waals surface area contributed by atoms with Crippen LogP contribution in [0.4, 0.5) is 14.5 Å². The van der Waals surface area contributed by atoms with E-state index in [1.165, 1.54) is 24.9 Å². The summed E-state index contributed by atoms with van der Waals surface area (Å²) in [6.07, 6.45) is 6.45. The first kappa shape index (κ1) is 22.1. The fraction of sp³-hybridized carbons (Fsp3) is 0.280. The smallest absolute Gasteiger partial charge is 0.276 e. The molecule has 34 heavy (non-hydrogen) atoms. The Balaban J connectivity index is 1.47. The predicted molar refractivity (Wildman–Crippen MR) is 125 cm³/mol. The molecule has 0 radical (unpaired) electrons. The molecule has 174 valence electrons. The van der Waals surface area contributed by atoms with Crippen LogP contribution in [0.3, 0.4) is 0 Å². The summed E-state index contributed by atoms with van der Waals surface area (Å²) < 4.78 is 29.4. The summed E-state index contributed by atoms with van der Waals surface area (Å²) in [6, 6.07) is 8.02. The quantitative estimate of drug-likeness (QED) is 0.443. The number of carbonyl (C=O) groups is 1. The molecule has 0 unspecified atom stereocenters. The van der Waals surface area contributed by atoms with Crippen molar-refractivity contribution in [3.8, 4) is 11.1 Å². The lowest BCUT2D eigenvalue weighted by molar-refractivity contribution is 0.102. The van der Waals surface area contributed by atoms with Gasteiger partial charge in [-0.15, -0.1) is 0 Å². The number of carbonyl (C=O) groups excluding carboxylic acids is 1. The van der Waals surface area contributed by atoms with Gasteiger partial charge in [0.25, 0.3) is 5.91 Å². The van der Waals surface area contributed by atoms with Gasteiger partial charge in [0.15, 0.2) is 17.3 Å². The Morgan fingerprint density at radius 2 is 1.85 bits per heavy atom. The first-order valence-electron chi connectivity index (χ1n) is 11.3. The zero-order valence-corrected chi connectivity index (χ0v) is 18.7. The second kappa shape index (κ2) is 9.26. The van der Waals surface area contributed by atoms with Crippen LogP contribution < -0.4 is 5.32 Å². The van der Waals surface area contributed by atoms with Crippen LogP contribution in [0.15, 0.2) is 42.7 Å². The number of benzene rings is 2. The number of hydrogen-bond donors (Lipinski definition) is 2. The van der Waals surface area contributed by atoms with Crippen LogP contribution >= 0.6 is 0 Å². The van der Waals surface area contributed by atoms with Gasteiger partial charge >= 0.3 is 0 Å². The van der Waals surface area contributed by atoms with Crippen molar-refractivity contribution in [3.05, 3.63) is 71.4 Å². The lowest BCUT2D eigenvalue weighted by Crippen LogP contribution is -2.29. The molecular weight excluding hydrogens is 438 g/mol. The Labute approximate surface area is 195 Å². The van der Waals surface area contributed by atoms with Gasteiger partial charge in [0.1, 0.15) is 5.82 Å². The number of piperidine rings is 1. The third kappa shape index (κ3) is 4.51. The van der Waals surface area contributed by atoms with Crippen LogP contribution in [-0.2, 0) is 6.54 Å². The number of aromatic nitrogens is 4. The molecule has 5 rings (SSSR count). The second-order valence-corrected chi connectivity index (χ2v) is 8.58. The minimum Gasteiger partial charge on any atom is -0.318 e. The molecule has 0 atom stereocenters. The molecule has 1 saturated heterocycles. The number of halogens is 2. The van der Waals surface area contributed by atoms with E-state index in [2.05, 4.69) is 30.4 Å². The minimum atomic E-state index is -0.909. The highest BCUT2D eigenvalue weighted by atomic mass is 19.2. The van der Waals surface area contributed by atoms with Crippen molar-refractivity contribution in [2.24, 2.45) is 0 Å². The highest BCUT2D eigenvalue weighted by Crippen LogP contribution is 2.30. The molecule has 0 aliphatic carbocycles. The van der Waals surface area contributed by atoms with E-state index in [4.69, 9.17) is 0 Å². The number of rotatable bonds is 5. The van der Waals surface area contributed by atoms with Gasteiger partial charge in [0.05, 0.1) is 23.6 Å². The third-order valence-corrected chi connectivity index (χ3v) is 6.07. The number of nitrogens with one attached hydrogen (secondary N) is 2. The van der Waals surface area contributed by atoms with E-state index in [-0.39, 0.29) is 11.3 Å². The minimum absolute atomic E-state index is 0.141. The van der Waals surface area contributed by atoms with E-state index in [9.17, 15) is 13.6 Å². The van der Waals surface area contributed by atoms with Crippen LogP contribution in [-0.4, -0.2) is 44.1 Å². The fourth-order valence-corrected chi connectivity index (χ4v) is 4.32. The fourth-order valence-electron chi connectivity index (χ4n) is 4.32. The van der Waals surface area contributed by atoms with Gasteiger partial charge in [0.2, 0.25) is 0 Å². The van der Waals surface area contributed by atoms with E-state index >= 15 is 0 Å².